The number of ether oxygens (including phenoxy) is 1. The second-order valence-electron chi connectivity index (χ2n) is 3.55. The van der Waals surface area contributed by atoms with Gasteiger partial charge < -0.3 is 4.74 Å². The Morgan fingerprint density at radius 3 is 2.89 bits per heavy atom. The lowest BCUT2D eigenvalue weighted by atomic mass is 10.1. The molecule has 0 N–H and O–H groups in total. The Balaban J connectivity index is 2.59. The van der Waals surface area contributed by atoms with Crippen molar-refractivity contribution in [1.82, 2.24) is 0 Å². The van der Waals surface area contributed by atoms with E-state index in [0.717, 1.165) is 22.5 Å². The fourth-order valence-electron chi connectivity index (χ4n) is 1.71. The van der Waals surface area contributed by atoms with Gasteiger partial charge in [-0.1, -0.05) is 12.1 Å². The highest BCUT2D eigenvalue weighted by Gasteiger charge is 2.15. The quantitative estimate of drug-likeness (QED) is 0.788. The van der Waals surface area contributed by atoms with Crippen LogP contribution in [0.2, 0.25) is 0 Å². The van der Waals surface area contributed by atoms with Crippen LogP contribution < -0.4 is 4.74 Å². The minimum absolute atomic E-state index is 0.413. The number of thiophene rings is 1. The van der Waals surface area contributed by atoms with Crippen molar-refractivity contribution in [1.29, 1.82) is 5.26 Å². The standard InChI is InChI=1S/C14H11NO2S/c1-2-17-13-6-4-3-5-11(13)14-12(8-16)10(7-15)9-18-14/h3-6,8-9H,2H2,1H3. The topological polar surface area (TPSA) is 50.1 Å². The molecule has 3 nitrogen and oxygen atoms in total. The summed E-state index contributed by atoms with van der Waals surface area (Å²) in [6.45, 7) is 2.47. The van der Waals surface area contributed by atoms with Crippen LogP contribution in [-0.2, 0) is 0 Å². The molecule has 0 saturated carbocycles. The lowest BCUT2D eigenvalue weighted by Crippen LogP contribution is -1.94. The molecule has 0 radical (unpaired) electrons. The van der Waals surface area contributed by atoms with E-state index < -0.39 is 0 Å². The fourth-order valence-corrected chi connectivity index (χ4v) is 2.71. The molecule has 0 amide bonds. The molecular formula is C14H11NO2S. The van der Waals surface area contributed by atoms with Crippen LogP contribution in [0.1, 0.15) is 22.8 Å². The summed E-state index contributed by atoms with van der Waals surface area (Å²) in [5.41, 5.74) is 1.71. The first kappa shape index (κ1) is 12.3. The summed E-state index contributed by atoms with van der Waals surface area (Å²) in [6, 6.07) is 9.55. The molecule has 0 aliphatic rings. The van der Waals surface area contributed by atoms with E-state index in [2.05, 4.69) is 0 Å². The van der Waals surface area contributed by atoms with Crippen LogP contribution in [0.15, 0.2) is 29.6 Å². The van der Waals surface area contributed by atoms with Gasteiger partial charge in [-0.05, 0) is 19.1 Å². The normalized spacial score (nSPS) is 9.78. The van der Waals surface area contributed by atoms with Crippen molar-refractivity contribution in [2.75, 3.05) is 6.61 Å². The van der Waals surface area contributed by atoms with Gasteiger partial charge in [-0.25, -0.2) is 0 Å². The molecule has 0 spiro atoms. The molecule has 1 heterocycles. The van der Waals surface area contributed by atoms with E-state index in [1.165, 1.54) is 11.3 Å². The zero-order chi connectivity index (χ0) is 13.0. The Labute approximate surface area is 109 Å². The third-order valence-electron chi connectivity index (χ3n) is 2.50. The molecule has 2 aromatic rings. The summed E-state index contributed by atoms with van der Waals surface area (Å²) in [6.07, 6.45) is 0.729. The molecule has 0 aliphatic heterocycles. The third-order valence-corrected chi connectivity index (χ3v) is 3.53. The predicted octanol–water partition coefficient (Wildman–Crippen LogP) is 3.50. The summed E-state index contributed by atoms with van der Waals surface area (Å²) in [5.74, 6) is 0.731. The average molecular weight is 257 g/mol. The maximum absolute atomic E-state index is 11.1. The minimum atomic E-state index is 0.413. The van der Waals surface area contributed by atoms with Crippen LogP contribution >= 0.6 is 11.3 Å². The summed E-state index contributed by atoms with van der Waals surface area (Å²) in [5, 5.41) is 10.6. The van der Waals surface area contributed by atoms with Crippen LogP contribution in [0.4, 0.5) is 0 Å². The van der Waals surface area contributed by atoms with Gasteiger partial charge in [-0.15, -0.1) is 11.3 Å². The van der Waals surface area contributed by atoms with Crippen molar-refractivity contribution in [3.63, 3.8) is 0 Å². The van der Waals surface area contributed by atoms with E-state index in [-0.39, 0.29) is 0 Å². The SMILES string of the molecule is CCOc1ccccc1-c1scc(C#N)c1C=O. The second kappa shape index (κ2) is 5.48. The van der Waals surface area contributed by atoms with Crippen molar-refractivity contribution in [3.8, 4) is 22.3 Å². The van der Waals surface area contributed by atoms with Gasteiger partial charge in [0.25, 0.3) is 0 Å². The second-order valence-corrected chi connectivity index (χ2v) is 4.43. The maximum Gasteiger partial charge on any atom is 0.152 e. The van der Waals surface area contributed by atoms with E-state index in [1.54, 1.807) is 5.38 Å². The molecule has 0 saturated heterocycles. The molecule has 90 valence electrons. The summed E-state index contributed by atoms with van der Waals surface area (Å²) in [7, 11) is 0. The number of benzene rings is 1. The monoisotopic (exact) mass is 257 g/mol. The van der Waals surface area contributed by atoms with Gasteiger partial charge in [0.05, 0.1) is 17.7 Å². The largest absolute Gasteiger partial charge is 0.493 e. The number of para-hydroxylation sites is 1. The fraction of sp³-hybridized carbons (Fsp3) is 0.143. The molecule has 0 unspecified atom stereocenters. The Bertz CT molecular complexity index is 610. The zero-order valence-electron chi connectivity index (χ0n) is 9.84. The number of aldehydes is 1. The Hall–Kier alpha value is -2.12. The highest BCUT2D eigenvalue weighted by atomic mass is 32.1. The van der Waals surface area contributed by atoms with Crippen molar-refractivity contribution in [2.45, 2.75) is 6.92 Å². The van der Waals surface area contributed by atoms with Crippen LogP contribution in [0, 0.1) is 11.3 Å². The third kappa shape index (κ3) is 2.13. The summed E-state index contributed by atoms with van der Waals surface area (Å²) >= 11 is 1.38. The lowest BCUT2D eigenvalue weighted by Gasteiger charge is -2.08. The molecule has 18 heavy (non-hydrogen) atoms. The predicted molar refractivity (Wildman–Crippen MR) is 71.0 cm³/mol. The molecule has 0 bridgehead atoms. The van der Waals surface area contributed by atoms with Crippen molar-refractivity contribution < 1.29 is 9.53 Å². The van der Waals surface area contributed by atoms with Gasteiger partial charge >= 0.3 is 0 Å². The van der Waals surface area contributed by atoms with Gasteiger partial charge in [0.2, 0.25) is 0 Å². The number of rotatable bonds is 4. The average Bonchev–Trinajstić information content (AvgIpc) is 2.82. The molecule has 4 heteroatoms. The summed E-state index contributed by atoms with van der Waals surface area (Å²) < 4.78 is 5.54. The number of hydrogen-bond donors (Lipinski definition) is 0. The van der Waals surface area contributed by atoms with Crippen LogP contribution in [0.3, 0.4) is 0 Å². The van der Waals surface area contributed by atoms with Crippen LogP contribution in [0.5, 0.6) is 5.75 Å². The first-order valence-corrected chi connectivity index (χ1v) is 6.38. The Morgan fingerprint density at radius 2 is 2.22 bits per heavy atom. The number of carbonyl (C=O) groups excluding carboxylic acids is 1. The van der Waals surface area contributed by atoms with Gasteiger partial charge in [0.1, 0.15) is 11.8 Å². The smallest absolute Gasteiger partial charge is 0.152 e. The molecule has 1 aromatic carbocycles. The Morgan fingerprint density at radius 1 is 1.44 bits per heavy atom. The van der Waals surface area contributed by atoms with E-state index in [0.29, 0.717) is 17.7 Å². The van der Waals surface area contributed by atoms with Gasteiger partial charge in [-0.3, -0.25) is 4.79 Å². The van der Waals surface area contributed by atoms with Crippen LogP contribution in [0.25, 0.3) is 10.4 Å². The minimum Gasteiger partial charge on any atom is -0.493 e. The van der Waals surface area contributed by atoms with Crippen molar-refractivity contribution in [2.24, 2.45) is 0 Å². The number of nitriles is 1. The van der Waals surface area contributed by atoms with Crippen molar-refractivity contribution in [3.05, 3.63) is 40.8 Å². The highest BCUT2D eigenvalue weighted by Crippen LogP contribution is 2.37. The Kier molecular flexibility index (Phi) is 3.75. The molecule has 2 rings (SSSR count). The number of carbonyl (C=O) groups is 1. The lowest BCUT2D eigenvalue weighted by molar-refractivity contribution is 0.112. The maximum atomic E-state index is 11.1. The van der Waals surface area contributed by atoms with Crippen LogP contribution in [-0.4, -0.2) is 12.9 Å². The molecule has 0 atom stereocenters. The van der Waals surface area contributed by atoms with Gasteiger partial charge in [0.15, 0.2) is 6.29 Å². The highest BCUT2D eigenvalue weighted by molar-refractivity contribution is 7.14. The van der Waals surface area contributed by atoms with Gasteiger partial charge in [0, 0.05) is 15.8 Å². The van der Waals surface area contributed by atoms with Gasteiger partial charge in [-0.2, -0.15) is 5.26 Å². The molecular weight excluding hydrogens is 246 g/mol. The molecule has 1 aromatic heterocycles. The first-order chi connectivity index (χ1) is 8.81. The molecule has 0 aliphatic carbocycles. The van der Waals surface area contributed by atoms with E-state index in [1.807, 2.05) is 37.3 Å². The summed E-state index contributed by atoms with van der Waals surface area (Å²) in [4.78, 5) is 11.9. The number of nitrogens with zero attached hydrogens (tertiary/aromatic N) is 1. The number of hydrogen-bond acceptors (Lipinski definition) is 4. The first-order valence-electron chi connectivity index (χ1n) is 5.50. The van der Waals surface area contributed by atoms with Crippen molar-refractivity contribution >= 4 is 17.6 Å². The zero-order valence-corrected chi connectivity index (χ0v) is 10.7. The van der Waals surface area contributed by atoms with E-state index in [9.17, 15) is 4.79 Å². The van der Waals surface area contributed by atoms with E-state index in [4.69, 9.17) is 10.00 Å². The van der Waals surface area contributed by atoms with E-state index >= 15 is 0 Å². The molecule has 0 fully saturated rings.